The van der Waals surface area contributed by atoms with Gasteiger partial charge in [0, 0.05) is 12.1 Å². The van der Waals surface area contributed by atoms with Gasteiger partial charge in [0.15, 0.2) is 9.84 Å². The summed E-state index contributed by atoms with van der Waals surface area (Å²) in [6, 6.07) is 0. The lowest BCUT2D eigenvalue weighted by Crippen LogP contribution is -2.51. The smallest absolute Gasteiger partial charge is 0.152 e. The summed E-state index contributed by atoms with van der Waals surface area (Å²) in [6.45, 7) is 0.416. The van der Waals surface area contributed by atoms with Gasteiger partial charge < -0.3 is 10.6 Å². The van der Waals surface area contributed by atoms with E-state index < -0.39 is 9.84 Å². The zero-order chi connectivity index (χ0) is 9.41. The largest absolute Gasteiger partial charge is 0.329 e. The minimum absolute atomic E-state index is 0.212. The Morgan fingerprint density at radius 3 is 2.25 bits per heavy atom. The fourth-order valence-electron chi connectivity index (χ4n) is 1.60. The summed E-state index contributed by atoms with van der Waals surface area (Å²) < 4.78 is 22.5. The monoisotopic (exact) mass is 192 g/mol. The Bertz CT molecular complexity index is 261. The number of rotatable bonds is 2. The molecule has 1 fully saturated rings. The summed E-state index contributed by atoms with van der Waals surface area (Å²) in [7, 11) is 0.933. The Balaban J connectivity index is 2.87. The molecule has 1 unspecified atom stereocenters. The summed E-state index contributed by atoms with van der Waals surface area (Å²) in [5, 5.41) is 0. The molecule has 1 heterocycles. The van der Waals surface area contributed by atoms with E-state index in [4.69, 9.17) is 5.73 Å². The Kier molecular flexibility index (Phi) is 2.47. The van der Waals surface area contributed by atoms with Gasteiger partial charge in [-0.2, -0.15) is 0 Å². The van der Waals surface area contributed by atoms with Crippen molar-refractivity contribution in [1.29, 1.82) is 0 Å². The number of hydrogen-bond acceptors (Lipinski definition) is 4. The molecule has 1 rings (SSSR count). The van der Waals surface area contributed by atoms with Crippen molar-refractivity contribution in [2.45, 2.75) is 12.0 Å². The van der Waals surface area contributed by atoms with Crippen molar-refractivity contribution in [1.82, 2.24) is 4.90 Å². The first-order valence-corrected chi connectivity index (χ1v) is 5.82. The quantitative estimate of drug-likeness (QED) is 0.613. The van der Waals surface area contributed by atoms with E-state index >= 15 is 0 Å². The van der Waals surface area contributed by atoms with Crippen LogP contribution in [0.25, 0.3) is 0 Å². The zero-order valence-electron chi connectivity index (χ0n) is 7.58. The van der Waals surface area contributed by atoms with Crippen molar-refractivity contribution in [2.24, 2.45) is 5.73 Å². The highest BCUT2D eigenvalue weighted by Crippen LogP contribution is 2.26. The maximum Gasteiger partial charge on any atom is 0.152 e. The molecule has 0 aromatic rings. The van der Waals surface area contributed by atoms with E-state index in [1.54, 1.807) is 0 Å². The van der Waals surface area contributed by atoms with Crippen molar-refractivity contribution in [3.8, 4) is 0 Å². The summed E-state index contributed by atoms with van der Waals surface area (Å²) >= 11 is 0. The Hall–Kier alpha value is -0.130. The SMILES string of the molecule is CN(C)C1(CN)CCS(=O)(=O)C1. The molecular weight excluding hydrogens is 176 g/mol. The van der Waals surface area contributed by atoms with E-state index in [-0.39, 0.29) is 17.0 Å². The van der Waals surface area contributed by atoms with E-state index in [1.807, 2.05) is 19.0 Å². The number of sulfone groups is 1. The first-order valence-electron chi connectivity index (χ1n) is 4.00. The third kappa shape index (κ3) is 1.62. The van der Waals surface area contributed by atoms with Gasteiger partial charge in [-0.1, -0.05) is 0 Å². The minimum Gasteiger partial charge on any atom is -0.329 e. The lowest BCUT2D eigenvalue weighted by molar-refractivity contribution is 0.189. The number of likely N-dealkylation sites (N-methyl/N-ethyl adjacent to an activating group) is 1. The molecule has 1 aliphatic heterocycles. The molecule has 0 aromatic heterocycles. The average Bonchev–Trinajstić information content (AvgIpc) is 2.27. The zero-order valence-corrected chi connectivity index (χ0v) is 8.39. The summed E-state index contributed by atoms with van der Waals surface area (Å²) in [5.41, 5.74) is 5.28. The second-order valence-electron chi connectivity index (χ2n) is 3.66. The number of nitrogens with two attached hydrogens (primary N) is 1. The van der Waals surface area contributed by atoms with Gasteiger partial charge in [-0.3, -0.25) is 0 Å². The summed E-state index contributed by atoms with van der Waals surface area (Å²) in [5.74, 6) is 0.492. The van der Waals surface area contributed by atoms with Crippen LogP contribution in [0.2, 0.25) is 0 Å². The molecule has 0 spiro atoms. The predicted octanol–water partition coefficient (Wildman–Crippen LogP) is -0.936. The van der Waals surface area contributed by atoms with E-state index in [1.165, 1.54) is 0 Å². The predicted molar refractivity (Wildman–Crippen MR) is 48.7 cm³/mol. The van der Waals surface area contributed by atoms with Gasteiger partial charge in [0.1, 0.15) is 0 Å². The molecule has 1 aliphatic rings. The van der Waals surface area contributed by atoms with Crippen molar-refractivity contribution in [3.63, 3.8) is 0 Å². The van der Waals surface area contributed by atoms with Gasteiger partial charge in [-0.15, -0.1) is 0 Å². The van der Waals surface area contributed by atoms with Crippen LogP contribution in [0.4, 0.5) is 0 Å². The minimum atomic E-state index is -2.83. The third-order valence-electron chi connectivity index (χ3n) is 2.70. The van der Waals surface area contributed by atoms with Gasteiger partial charge >= 0.3 is 0 Å². The van der Waals surface area contributed by atoms with Crippen LogP contribution in [0, 0.1) is 0 Å². The third-order valence-corrected chi connectivity index (χ3v) is 4.50. The second-order valence-corrected chi connectivity index (χ2v) is 5.85. The molecule has 4 nitrogen and oxygen atoms in total. The lowest BCUT2D eigenvalue weighted by Gasteiger charge is -2.33. The number of hydrogen-bond donors (Lipinski definition) is 1. The van der Waals surface area contributed by atoms with Crippen LogP contribution in [0.5, 0.6) is 0 Å². The molecule has 0 bridgehead atoms. The highest BCUT2D eigenvalue weighted by molar-refractivity contribution is 7.91. The first-order chi connectivity index (χ1) is 5.42. The topological polar surface area (TPSA) is 63.4 Å². The normalized spacial score (nSPS) is 34.3. The Morgan fingerprint density at radius 1 is 1.50 bits per heavy atom. The molecule has 5 heteroatoms. The molecular formula is C7H16N2O2S. The average molecular weight is 192 g/mol. The standard InChI is InChI=1S/C7H16N2O2S/c1-9(2)7(5-8)3-4-12(10,11)6-7/h3-6,8H2,1-2H3. The van der Waals surface area contributed by atoms with Crippen LogP contribution in [-0.4, -0.2) is 51.0 Å². The van der Waals surface area contributed by atoms with Gasteiger partial charge in [0.25, 0.3) is 0 Å². The van der Waals surface area contributed by atoms with Crippen LogP contribution in [0.3, 0.4) is 0 Å². The van der Waals surface area contributed by atoms with Crippen LogP contribution < -0.4 is 5.73 Å². The molecule has 0 aliphatic carbocycles. The fourth-order valence-corrected chi connectivity index (χ4v) is 3.77. The van der Waals surface area contributed by atoms with Gasteiger partial charge in [0.2, 0.25) is 0 Å². The molecule has 0 aromatic carbocycles. The first kappa shape index (κ1) is 9.95. The Labute approximate surface area is 73.6 Å². The maximum absolute atomic E-state index is 11.2. The molecule has 72 valence electrons. The molecule has 1 atom stereocenters. The van der Waals surface area contributed by atoms with Crippen LogP contribution in [0.1, 0.15) is 6.42 Å². The van der Waals surface area contributed by atoms with Crippen LogP contribution in [0.15, 0.2) is 0 Å². The van der Waals surface area contributed by atoms with Crippen molar-refractivity contribution in [2.75, 3.05) is 32.1 Å². The fraction of sp³-hybridized carbons (Fsp3) is 1.00. The molecule has 0 amide bonds. The van der Waals surface area contributed by atoms with E-state index in [2.05, 4.69) is 0 Å². The van der Waals surface area contributed by atoms with Gasteiger partial charge in [0.05, 0.1) is 11.5 Å². The molecule has 2 N–H and O–H groups in total. The number of nitrogens with zero attached hydrogens (tertiary/aromatic N) is 1. The highest BCUT2D eigenvalue weighted by atomic mass is 32.2. The maximum atomic E-state index is 11.2. The van der Waals surface area contributed by atoms with Crippen molar-refractivity contribution >= 4 is 9.84 Å². The van der Waals surface area contributed by atoms with Gasteiger partial charge in [-0.25, -0.2) is 8.42 Å². The second kappa shape index (κ2) is 2.97. The van der Waals surface area contributed by atoms with E-state index in [9.17, 15) is 8.42 Å². The molecule has 0 saturated carbocycles. The van der Waals surface area contributed by atoms with E-state index in [0.29, 0.717) is 13.0 Å². The lowest BCUT2D eigenvalue weighted by atomic mass is 9.98. The van der Waals surface area contributed by atoms with Crippen molar-refractivity contribution < 1.29 is 8.42 Å². The summed E-state index contributed by atoms with van der Waals surface area (Å²) in [6.07, 6.45) is 0.666. The molecule has 1 saturated heterocycles. The molecule has 0 radical (unpaired) electrons. The Morgan fingerprint density at radius 2 is 2.08 bits per heavy atom. The van der Waals surface area contributed by atoms with Crippen LogP contribution in [-0.2, 0) is 9.84 Å². The van der Waals surface area contributed by atoms with Crippen molar-refractivity contribution in [3.05, 3.63) is 0 Å². The highest BCUT2D eigenvalue weighted by Gasteiger charge is 2.42. The van der Waals surface area contributed by atoms with Gasteiger partial charge in [-0.05, 0) is 20.5 Å². The van der Waals surface area contributed by atoms with Crippen LogP contribution >= 0.6 is 0 Å². The summed E-state index contributed by atoms with van der Waals surface area (Å²) in [4.78, 5) is 1.93. The molecule has 12 heavy (non-hydrogen) atoms. The van der Waals surface area contributed by atoms with E-state index in [0.717, 1.165) is 0 Å².